The van der Waals surface area contributed by atoms with Gasteiger partial charge in [-0.1, -0.05) is 13.8 Å². The van der Waals surface area contributed by atoms with Crippen LogP contribution >= 0.6 is 12.4 Å². The molecule has 2 bridgehead atoms. The molecule has 21 heavy (non-hydrogen) atoms. The van der Waals surface area contributed by atoms with Crippen molar-refractivity contribution in [2.45, 2.75) is 57.7 Å². The van der Waals surface area contributed by atoms with E-state index in [9.17, 15) is 13.2 Å². The van der Waals surface area contributed by atoms with Gasteiger partial charge in [0.25, 0.3) is 0 Å². The molecule has 8 heteroatoms. The fraction of sp³-hybridized carbons (Fsp3) is 0.923. The highest BCUT2D eigenvalue weighted by molar-refractivity contribution is 7.89. The molecule has 0 spiro atoms. The third-order valence-electron chi connectivity index (χ3n) is 4.25. The van der Waals surface area contributed by atoms with E-state index in [0.29, 0.717) is 25.2 Å². The van der Waals surface area contributed by atoms with Gasteiger partial charge in [-0.05, 0) is 25.7 Å². The zero-order valence-corrected chi connectivity index (χ0v) is 14.3. The Labute approximate surface area is 133 Å². The van der Waals surface area contributed by atoms with Gasteiger partial charge in [0.15, 0.2) is 0 Å². The molecule has 2 N–H and O–H groups in total. The molecule has 124 valence electrons. The Morgan fingerprint density at radius 1 is 1.19 bits per heavy atom. The second-order valence-electron chi connectivity index (χ2n) is 5.71. The molecule has 2 saturated heterocycles. The van der Waals surface area contributed by atoms with Crippen LogP contribution in [0.3, 0.4) is 0 Å². The lowest BCUT2D eigenvalue weighted by Gasteiger charge is -2.30. The van der Waals surface area contributed by atoms with Crippen LogP contribution in [-0.2, 0) is 14.8 Å². The molecule has 0 aliphatic carbocycles. The van der Waals surface area contributed by atoms with Gasteiger partial charge in [0.2, 0.25) is 15.9 Å². The topological polar surface area (TPSA) is 78.5 Å². The second kappa shape index (κ2) is 7.76. The first kappa shape index (κ1) is 18.7. The molecule has 2 aliphatic heterocycles. The van der Waals surface area contributed by atoms with Gasteiger partial charge in [-0.2, -0.15) is 0 Å². The van der Waals surface area contributed by atoms with E-state index in [4.69, 9.17) is 0 Å². The molecule has 2 aliphatic rings. The molecule has 6 nitrogen and oxygen atoms in total. The molecule has 2 atom stereocenters. The highest BCUT2D eigenvalue weighted by Gasteiger charge is 2.34. The van der Waals surface area contributed by atoms with Crippen LogP contribution in [-0.4, -0.2) is 55.6 Å². The van der Waals surface area contributed by atoms with Crippen LogP contribution in [0.25, 0.3) is 0 Å². The summed E-state index contributed by atoms with van der Waals surface area (Å²) in [7, 11) is -3.48. The van der Waals surface area contributed by atoms with Crippen molar-refractivity contribution in [1.82, 2.24) is 14.9 Å². The quantitative estimate of drug-likeness (QED) is 0.737. The summed E-state index contributed by atoms with van der Waals surface area (Å²) in [5, 5.41) is 6.39. The van der Waals surface area contributed by atoms with Crippen molar-refractivity contribution in [3.63, 3.8) is 0 Å². The molecular formula is C13H26ClN3O3S. The Kier molecular flexibility index (Phi) is 6.90. The Morgan fingerprint density at radius 3 is 2.19 bits per heavy atom. The van der Waals surface area contributed by atoms with Gasteiger partial charge in [0.05, 0.1) is 0 Å². The number of carbonyl (C=O) groups excluding carboxylic acids is 1. The Bertz CT molecular complexity index is 442. The standard InChI is InChI=1S/C13H25N3O3S.ClH/c1-3-16(4-2)20(18,19)9-13(17)15-12-7-10-5-6-11(8-12)14-10;/h10-12,14H,3-9H2,1-2H3,(H,15,17);1H. The number of hydrogen-bond donors (Lipinski definition) is 2. The number of nitrogens with one attached hydrogen (secondary N) is 2. The largest absolute Gasteiger partial charge is 0.352 e. The number of sulfonamides is 1. The maximum atomic E-state index is 12.0. The molecular weight excluding hydrogens is 314 g/mol. The van der Waals surface area contributed by atoms with Crippen molar-refractivity contribution in [2.75, 3.05) is 18.8 Å². The molecule has 0 radical (unpaired) electrons. The number of rotatable bonds is 6. The fourth-order valence-corrected chi connectivity index (χ4v) is 4.70. The lowest BCUT2D eigenvalue weighted by molar-refractivity contribution is -0.119. The van der Waals surface area contributed by atoms with Crippen LogP contribution in [0.2, 0.25) is 0 Å². The highest BCUT2D eigenvalue weighted by Crippen LogP contribution is 2.26. The zero-order chi connectivity index (χ0) is 14.8. The molecule has 0 aromatic rings. The number of nitrogens with zero attached hydrogens (tertiary/aromatic N) is 1. The summed E-state index contributed by atoms with van der Waals surface area (Å²) in [6.45, 7) is 4.38. The molecule has 1 amide bonds. The minimum Gasteiger partial charge on any atom is -0.352 e. The molecule has 2 heterocycles. The van der Waals surface area contributed by atoms with Crippen molar-refractivity contribution < 1.29 is 13.2 Å². The number of hydrogen-bond acceptors (Lipinski definition) is 4. The van der Waals surface area contributed by atoms with E-state index in [-0.39, 0.29) is 24.4 Å². The molecule has 0 saturated carbocycles. The maximum absolute atomic E-state index is 12.0. The summed E-state index contributed by atoms with van der Waals surface area (Å²) in [6.07, 6.45) is 4.14. The summed E-state index contributed by atoms with van der Waals surface area (Å²) in [6, 6.07) is 1.09. The van der Waals surface area contributed by atoms with Crippen molar-refractivity contribution in [3.8, 4) is 0 Å². The van der Waals surface area contributed by atoms with Crippen LogP contribution in [0.4, 0.5) is 0 Å². The third-order valence-corrected chi connectivity index (χ3v) is 6.18. The van der Waals surface area contributed by atoms with E-state index in [2.05, 4.69) is 10.6 Å². The van der Waals surface area contributed by atoms with Gasteiger partial charge >= 0.3 is 0 Å². The summed E-state index contributed by atoms with van der Waals surface area (Å²) in [5.74, 6) is -0.809. The average Bonchev–Trinajstić information content (AvgIpc) is 2.68. The first-order chi connectivity index (χ1) is 9.44. The van der Waals surface area contributed by atoms with E-state index in [0.717, 1.165) is 25.7 Å². The summed E-state index contributed by atoms with van der Waals surface area (Å²) >= 11 is 0. The molecule has 2 fully saturated rings. The van der Waals surface area contributed by atoms with Crippen LogP contribution in [0.5, 0.6) is 0 Å². The summed E-state index contributed by atoms with van der Waals surface area (Å²) in [4.78, 5) is 12.0. The lowest BCUT2D eigenvalue weighted by Crippen LogP contribution is -2.50. The van der Waals surface area contributed by atoms with Crippen molar-refractivity contribution in [3.05, 3.63) is 0 Å². The minimum atomic E-state index is -3.48. The van der Waals surface area contributed by atoms with Crippen LogP contribution in [0.1, 0.15) is 39.5 Å². The minimum absolute atomic E-state index is 0. The first-order valence-electron chi connectivity index (χ1n) is 7.47. The number of halogens is 1. The maximum Gasteiger partial charge on any atom is 0.236 e. The van der Waals surface area contributed by atoms with Crippen molar-refractivity contribution in [2.24, 2.45) is 0 Å². The summed E-state index contributed by atoms with van der Waals surface area (Å²) < 4.78 is 25.4. The smallest absolute Gasteiger partial charge is 0.236 e. The molecule has 2 unspecified atom stereocenters. The third kappa shape index (κ3) is 4.81. The van der Waals surface area contributed by atoms with E-state index in [1.54, 1.807) is 13.8 Å². The average molecular weight is 340 g/mol. The number of piperidine rings is 1. The molecule has 0 aromatic carbocycles. The monoisotopic (exact) mass is 339 g/mol. The van der Waals surface area contributed by atoms with Gasteiger partial charge < -0.3 is 10.6 Å². The van der Waals surface area contributed by atoms with Crippen molar-refractivity contribution >= 4 is 28.3 Å². The molecule has 0 aromatic heterocycles. The van der Waals surface area contributed by atoms with Crippen LogP contribution < -0.4 is 10.6 Å². The van der Waals surface area contributed by atoms with Crippen LogP contribution in [0.15, 0.2) is 0 Å². The number of fused-ring (bicyclic) bond motifs is 2. The first-order valence-corrected chi connectivity index (χ1v) is 9.08. The van der Waals surface area contributed by atoms with E-state index < -0.39 is 15.8 Å². The zero-order valence-electron chi connectivity index (χ0n) is 12.7. The van der Waals surface area contributed by atoms with E-state index in [1.807, 2.05) is 0 Å². The van der Waals surface area contributed by atoms with Gasteiger partial charge in [0.1, 0.15) is 5.75 Å². The van der Waals surface area contributed by atoms with Gasteiger partial charge in [0, 0.05) is 31.2 Å². The van der Waals surface area contributed by atoms with Gasteiger partial charge in [-0.15, -0.1) is 12.4 Å². The Balaban J connectivity index is 0.00000220. The van der Waals surface area contributed by atoms with Crippen LogP contribution in [0, 0.1) is 0 Å². The molecule has 2 rings (SSSR count). The number of amides is 1. The predicted octanol–water partition coefficient (Wildman–Crippen LogP) is 0.479. The fourth-order valence-electron chi connectivity index (χ4n) is 3.32. The Morgan fingerprint density at radius 2 is 1.71 bits per heavy atom. The van der Waals surface area contributed by atoms with E-state index in [1.165, 1.54) is 4.31 Å². The second-order valence-corrected chi connectivity index (χ2v) is 7.68. The summed E-state index contributed by atoms with van der Waals surface area (Å²) in [5.41, 5.74) is 0. The van der Waals surface area contributed by atoms with Gasteiger partial charge in [-0.25, -0.2) is 12.7 Å². The normalized spacial score (nSPS) is 28.2. The lowest BCUT2D eigenvalue weighted by atomic mass is 10.00. The number of carbonyl (C=O) groups is 1. The van der Waals surface area contributed by atoms with Gasteiger partial charge in [-0.3, -0.25) is 4.79 Å². The van der Waals surface area contributed by atoms with E-state index >= 15 is 0 Å². The SMILES string of the molecule is CCN(CC)S(=O)(=O)CC(=O)NC1CC2CCC(C1)N2.Cl. The van der Waals surface area contributed by atoms with Crippen molar-refractivity contribution in [1.29, 1.82) is 0 Å². The predicted molar refractivity (Wildman–Crippen MR) is 85.1 cm³/mol. The Hall–Kier alpha value is -0.370. The highest BCUT2D eigenvalue weighted by atomic mass is 35.5.